The normalized spacial score (nSPS) is 10.8. The van der Waals surface area contributed by atoms with E-state index in [9.17, 15) is 4.79 Å². The molecule has 5 heteroatoms. The topological polar surface area (TPSA) is 58.1 Å². The summed E-state index contributed by atoms with van der Waals surface area (Å²) in [5.41, 5.74) is 2.80. The van der Waals surface area contributed by atoms with Crippen molar-refractivity contribution in [3.8, 4) is 0 Å². The third kappa shape index (κ3) is 5.88. The molecular weight excluding hydrogens is 360 g/mol. The Morgan fingerprint density at radius 1 is 0.966 bits per heavy atom. The Kier molecular flexibility index (Phi) is 6.95. The van der Waals surface area contributed by atoms with Crippen molar-refractivity contribution < 1.29 is 4.79 Å². The first-order chi connectivity index (χ1) is 14.0. The number of carbonyl (C=O) groups is 1. The van der Waals surface area contributed by atoms with E-state index in [0.717, 1.165) is 18.8 Å². The molecule has 5 nitrogen and oxygen atoms in total. The molecule has 2 aromatic carbocycles. The third-order valence-electron chi connectivity index (χ3n) is 4.71. The fraction of sp³-hybridized carbons (Fsp3) is 0.292. The second-order valence-electron chi connectivity index (χ2n) is 7.36. The van der Waals surface area contributed by atoms with Crippen LogP contribution in [0.15, 0.2) is 66.7 Å². The number of aromatic nitrogens is 2. The molecule has 0 aliphatic heterocycles. The lowest BCUT2D eigenvalue weighted by molar-refractivity contribution is 0.0948. The molecule has 1 aromatic heterocycles. The highest BCUT2D eigenvalue weighted by Crippen LogP contribution is 2.19. The summed E-state index contributed by atoms with van der Waals surface area (Å²) in [5.74, 6) is 1.19. The fourth-order valence-electron chi connectivity index (χ4n) is 3.18. The number of hydrogen-bond acceptors (Lipinski definition) is 4. The highest BCUT2D eigenvalue weighted by atomic mass is 16.1. The van der Waals surface area contributed by atoms with Gasteiger partial charge in [-0.3, -0.25) is 4.79 Å². The van der Waals surface area contributed by atoms with Crippen molar-refractivity contribution in [3.63, 3.8) is 0 Å². The van der Waals surface area contributed by atoms with Crippen LogP contribution in [-0.2, 0) is 13.0 Å². The van der Waals surface area contributed by atoms with Crippen molar-refractivity contribution in [2.45, 2.75) is 39.8 Å². The maximum absolute atomic E-state index is 12.7. The van der Waals surface area contributed by atoms with Gasteiger partial charge in [-0.25, -0.2) is 9.97 Å². The van der Waals surface area contributed by atoms with Crippen LogP contribution in [0, 0.1) is 6.92 Å². The molecule has 1 N–H and O–H groups in total. The Hall–Kier alpha value is -3.21. The molecule has 1 heterocycles. The van der Waals surface area contributed by atoms with Crippen LogP contribution in [0.4, 0.5) is 5.82 Å². The SMILES string of the molecule is Cc1nc(C(=O)NCCc2ccccc2)cc(N(Cc2ccccc2)C(C)C)n1. The van der Waals surface area contributed by atoms with Crippen LogP contribution in [0.5, 0.6) is 0 Å². The molecule has 0 saturated heterocycles. The second-order valence-corrected chi connectivity index (χ2v) is 7.36. The molecule has 3 aromatic rings. The van der Waals surface area contributed by atoms with E-state index in [2.05, 4.69) is 58.3 Å². The van der Waals surface area contributed by atoms with Crippen LogP contribution in [0.3, 0.4) is 0 Å². The Balaban J connectivity index is 1.72. The molecule has 0 atom stereocenters. The van der Waals surface area contributed by atoms with Crippen molar-refractivity contribution in [1.82, 2.24) is 15.3 Å². The molecule has 1 amide bonds. The van der Waals surface area contributed by atoms with Crippen LogP contribution in [0.25, 0.3) is 0 Å². The van der Waals surface area contributed by atoms with Crippen molar-refractivity contribution in [3.05, 3.63) is 89.4 Å². The minimum Gasteiger partial charge on any atom is -0.350 e. The van der Waals surface area contributed by atoms with E-state index < -0.39 is 0 Å². The number of rotatable bonds is 8. The molecule has 29 heavy (non-hydrogen) atoms. The van der Waals surface area contributed by atoms with Crippen molar-refractivity contribution in [1.29, 1.82) is 0 Å². The summed E-state index contributed by atoms with van der Waals surface area (Å²) in [6.07, 6.45) is 0.787. The van der Waals surface area contributed by atoms with E-state index in [1.807, 2.05) is 43.3 Å². The van der Waals surface area contributed by atoms with Crippen LogP contribution in [0.1, 0.15) is 41.3 Å². The minimum atomic E-state index is -0.170. The molecule has 150 valence electrons. The molecule has 0 aliphatic rings. The fourth-order valence-corrected chi connectivity index (χ4v) is 3.18. The molecule has 0 aliphatic carbocycles. The van der Waals surface area contributed by atoms with Crippen LogP contribution < -0.4 is 10.2 Å². The maximum Gasteiger partial charge on any atom is 0.270 e. The predicted octanol–water partition coefficient (Wildman–Crippen LogP) is 4.17. The van der Waals surface area contributed by atoms with Gasteiger partial charge in [-0.15, -0.1) is 0 Å². The molecule has 0 saturated carbocycles. The van der Waals surface area contributed by atoms with Gasteiger partial charge in [0, 0.05) is 25.2 Å². The second kappa shape index (κ2) is 9.82. The molecule has 0 fully saturated rings. The molecule has 0 unspecified atom stereocenters. The number of anilines is 1. The lowest BCUT2D eigenvalue weighted by Gasteiger charge is -2.28. The lowest BCUT2D eigenvalue weighted by Crippen LogP contribution is -2.32. The summed E-state index contributed by atoms with van der Waals surface area (Å²) in [6, 6.07) is 22.4. The average molecular weight is 389 g/mol. The molecule has 0 spiro atoms. The Morgan fingerprint density at radius 3 is 2.21 bits per heavy atom. The molecule has 0 bridgehead atoms. The predicted molar refractivity (Wildman–Crippen MR) is 117 cm³/mol. The zero-order valence-corrected chi connectivity index (χ0v) is 17.3. The Labute approximate surface area is 172 Å². The minimum absolute atomic E-state index is 0.170. The van der Waals surface area contributed by atoms with Gasteiger partial charge in [0.15, 0.2) is 0 Å². The van der Waals surface area contributed by atoms with E-state index in [-0.39, 0.29) is 11.9 Å². The number of amides is 1. The summed E-state index contributed by atoms with van der Waals surface area (Å²) in [6.45, 7) is 7.37. The highest BCUT2D eigenvalue weighted by molar-refractivity contribution is 5.93. The standard InChI is InChI=1S/C24H28N4O/c1-18(2)28(17-21-12-8-5-9-13-21)23-16-22(26-19(3)27-23)24(29)25-15-14-20-10-6-4-7-11-20/h4-13,16,18H,14-15,17H2,1-3H3,(H,25,29). The first-order valence-electron chi connectivity index (χ1n) is 10.0. The maximum atomic E-state index is 12.7. The Bertz CT molecular complexity index is 926. The van der Waals surface area contributed by atoms with Gasteiger partial charge >= 0.3 is 0 Å². The number of benzene rings is 2. The molecule has 3 rings (SSSR count). The summed E-state index contributed by atoms with van der Waals surface area (Å²) >= 11 is 0. The van der Waals surface area contributed by atoms with E-state index in [0.29, 0.717) is 18.1 Å². The number of nitrogens with zero attached hydrogens (tertiary/aromatic N) is 3. The van der Waals surface area contributed by atoms with Crippen LogP contribution in [0.2, 0.25) is 0 Å². The van der Waals surface area contributed by atoms with E-state index in [4.69, 9.17) is 0 Å². The van der Waals surface area contributed by atoms with E-state index in [1.165, 1.54) is 11.1 Å². The van der Waals surface area contributed by atoms with E-state index in [1.54, 1.807) is 6.07 Å². The quantitative estimate of drug-likeness (QED) is 0.629. The number of nitrogens with one attached hydrogen (secondary N) is 1. The molecule has 0 radical (unpaired) electrons. The zero-order chi connectivity index (χ0) is 20.6. The average Bonchev–Trinajstić information content (AvgIpc) is 2.73. The van der Waals surface area contributed by atoms with Crippen LogP contribution in [-0.4, -0.2) is 28.5 Å². The number of hydrogen-bond donors (Lipinski definition) is 1. The first kappa shape index (κ1) is 20.5. The largest absolute Gasteiger partial charge is 0.350 e. The summed E-state index contributed by atoms with van der Waals surface area (Å²) in [4.78, 5) is 23.8. The zero-order valence-electron chi connectivity index (χ0n) is 17.3. The lowest BCUT2D eigenvalue weighted by atomic mass is 10.1. The van der Waals surface area contributed by atoms with Crippen molar-refractivity contribution in [2.24, 2.45) is 0 Å². The van der Waals surface area contributed by atoms with Crippen molar-refractivity contribution in [2.75, 3.05) is 11.4 Å². The summed E-state index contributed by atoms with van der Waals surface area (Å²) in [5, 5.41) is 2.97. The van der Waals surface area contributed by atoms with Gasteiger partial charge in [-0.05, 0) is 38.3 Å². The third-order valence-corrected chi connectivity index (χ3v) is 4.71. The van der Waals surface area contributed by atoms with Gasteiger partial charge < -0.3 is 10.2 Å². The summed E-state index contributed by atoms with van der Waals surface area (Å²) < 4.78 is 0. The number of carbonyl (C=O) groups excluding carboxylic acids is 1. The van der Waals surface area contributed by atoms with Gasteiger partial charge in [0.1, 0.15) is 17.3 Å². The van der Waals surface area contributed by atoms with Gasteiger partial charge in [0.05, 0.1) is 0 Å². The molecular formula is C24H28N4O. The smallest absolute Gasteiger partial charge is 0.270 e. The van der Waals surface area contributed by atoms with Gasteiger partial charge in [0.25, 0.3) is 5.91 Å². The monoisotopic (exact) mass is 388 g/mol. The summed E-state index contributed by atoms with van der Waals surface area (Å²) in [7, 11) is 0. The van der Waals surface area contributed by atoms with Gasteiger partial charge in [-0.2, -0.15) is 0 Å². The Morgan fingerprint density at radius 2 is 1.59 bits per heavy atom. The van der Waals surface area contributed by atoms with Crippen molar-refractivity contribution >= 4 is 11.7 Å². The first-order valence-corrected chi connectivity index (χ1v) is 10.0. The van der Waals surface area contributed by atoms with Crippen LogP contribution >= 0.6 is 0 Å². The highest BCUT2D eigenvalue weighted by Gasteiger charge is 2.17. The van der Waals surface area contributed by atoms with Gasteiger partial charge in [0.2, 0.25) is 0 Å². The number of aryl methyl sites for hydroxylation is 1. The van der Waals surface area contributed by atoms with Gasteiger partial charge in [-0.1, -0.05) is 60.7 Å². The van der Waals surface area contributed by atoms with E-state index >= 15 is 0 Å².